The Morgan fingerprint density at radius 3 is 2.27 bits per heavy atom. The van der Waals surface area contributed by atoms with Crippen LogP contribution in [0.25, 0.3) is 0 Å². The maximum Gasteiger partial charge on any atom is 0.223 e. The highest BCUT2D eigenvalue weighted by Crippen LogP contribution is 2.23. The lowest BCUT2D eigenvalue weighted by molar-refractivity contribution is 0.415. The molecule has 0 spiro atoms. The Balaban J connectivity index is 1.66. The van der Waals surface area contributed by atoms with Crippen LogP contribution >= 0.6 is 11.6 Å². The zero-order valence-corrected chi connectivity index (χ0v) is 13.1. The first kappa shape index (κ1) is 14.7. The van der Waals surface area contributed by atoms with Gasteiger partial charge in [-0.1, -0.05) is 11.6 Å². The molecule has 7 heteroatoms. The van der Waals surface area contributed by atoms with Crippen LogP contribution in [0.1, 0.15) is 0 Å². The van der Waals surface area contributed by atoms with Crippen LogP contribution in [0.4, 0.5) is 17.5 Å². The first-order chi connectivity index (χ1) is 10.7. The highest BCUT2D eigenvalue weighted by atomic mass is 35.5. The number of aromatic nitrogens is 2. The predicted octanol–water partition coefficient (Wildman–Crippen LogP) is 2.05. The van der Waals surface area contributed by atoms with Crippen LogP contribution in [-0.2, 0) is 0 Å². The summed E-state index contributed by atoms with van der Waals surface area (Å²) in [5.74, 6) is 1.86. The molecule has 2 aromatic rings. The van der Waals surface area contributed by atoms with Gasteiger partial charge in [0.15, 0.2) is 0 Å². The average molecular weight is 320 g/mol. The second-order valence-corrected chi connectivity index (χ2v) is 5.47. The Morgan fingerprint density at radius 1 is 1.05 bits per heavy atom. The van der Waals surface area contributed by atoms with Gasteiger partial charge in [0.25, 0.3) is 0 Å². The van der Waals surface area contributed by atoms with E-state index in [0.29, 0.717) is 5.15 Å². The Labute approximate surface area is 134 Å². The van der Waals surface area contributed by atoms with Gasteiger partial charge in [-0.2, -0.15) is 4.98 Å². The maximum absolute atomic E-state index is 5.94. The van der Waals surface area contributed by atoms with Gasteiger partial charge in [0.1, 0.15) is 16.7 Å². The van der Waals surface area contributed by atoms with E-state index >= 15 is 0 Å². The number of hydrogen-bond donors (Lipinski definition) is 1. The van der Waals surface area contributed by atoms with Crippen molar-refractivity contribution in [1.29, 1.82) is 0 Å². The molecule has 0 unspecified atom stereocenters. The molecule has 0 radical (unpaired) electrons. The van der Waals surface area contributed by atoms with Crippen LogP contribution in [0.5, 0.6) is 5.75 Å². The van der Waals surface area contributed by atoms with Crippen molar-refractivity contribution in [3.63, 3.8) is 0 Å². The van der Waals surface area contributed by atoms with E-state index in [1.165, 1.54) is 5.69 Å². The fourth-order valence-electron chi connectivity index (χ4n) is 2.57. The summed E-state index contributed by atoms with van der Waals surface area (Å²) in [5, 5.41) is 0.375. The van der Waals surface area contributed by atoms with E-state index in [4.69, 9.17) is 22.1 Å². The molecule has 22 heavy (non-hydrogen) atoms. The quantitative estimate of drug-likeness (QED) is 0.873. The van der Waals surface area contributed by atoms with Crippen LogP contribution in [0.2, 0.25) is 5.15 Å². The van der Waals surface area contributed by atoms with Crippen LogP contribution in [0.3, 0.4) is 0 Å². The molecule has 6 nitrogen and oxygen atoms in total. The standard InChI is InChI=1S/C15H18ClN5O/c1-22-12-4-2-11(3-5-12)20-6-8-21(9-7-20)14-10-13(16)18-15(17)19-14/h2-5,10H,6-9H2,1H3,(H2,17,18,19). The molecule has 2 heterocycles. The van der Waals surface area contributed by atoms with Crippen molar-refractivity contribution >= 4 is 29.1 Å². The summed E-state index contributed by atoms with van der Waals surface area (Å²) in [7, 11) is 1.67. The van der Waals surface area contributed by atoms with Gasteiger partial charge in [0, 0.05) is 37.9 Å². The van der Waals surface area contributed by atoms with Crippen molar-refractivity contribution in [2.75, 3.05) is 48.8 Å². The topological polar surface area (TPSA) is 67.5 Å². The maximum atomic E-state index is 5.94. The Hall–Kier alpha value is -2.21. The summed E-state index contributed by atoms with van der Waals surface area (Å²) in [5.41, 5.74) is 6.85. The van der Waals surface area contributed by atoms with Gasteiger partial charge in [-0.05, 0) is 24.3 Å². The smallest absolute Gasteiger partial charge is 0.223 e. The molecule has 0 saturated carbocycles. The van der Waals surface area contributed by atoms with E-state index in [2.05, 4.69) is 31.9 Å². The molecule has 0 bridgehead atoms. The highest BCUT2D eigenvalue weighted by molar-refractivity contribution is 6.29. The minimum atomic E-state index is 0.208. The summed E-state index contributed by atoms with van der Waals surface area (Å²) >= 11 is 5.94. The third-order valence-electron chi connectivity index (χ3n) is 3.74. The average Bonchev–Trinajstić information content (AvgIpc) is 2.54. The minimum absolute atomic E-state index is 0.208. The molecule has 0 amide bonds. The zero-order valence-electron chi connectivity index (χ0n) is 12.4. The molecule has 1 saturated heterocycles. The largest absolute Gasteiger partial charge is 0.497 e. The molecule has 1 aliphatic rings. The number of piperazine rings is 1. The van der Waals surface area contributed by atoms with Crippen LogP contribution in [-0.4, -0.2) is 43.3 Å². The first-order valence-electron chi connectivity index (χ1n) is 7.10. The van der Waals surface area contributed by atoms with Crippen molar-refractivity contribution in [2.24, 2.45) is 0 Å². The fraction of sp³-hybridized carbons (Fsp3) is 0.333. The van der Waals surface area contributed by atoms with E-state index in [9.17, 15) is 0 Å². The van der Waals surface area contributed by atoms with Gasteiger partial charge in [0.05, 0.1) is 7.11 Å². The van der Waals surface area contributed by atoms with Gasteiger partial charge in [-0.25, -0.2) is 4.98 Å². The fourth-order valence-corrected chi connectivity index (χ4v) is 2.76. The van der Waals surface area contributed by atoms with E-state index in [0.717, 1.165) is 37.7 Å². The Bertz CT molecular complexity index is 621. The molecule has 2 N–H and O–H groups in total. The molecule has 3 rings (SSSR count). The van der Waals surface area contributed by atoms with Gasteiger partial charge in [0.2, 0.25) is 5.95 Å². The number of anilines is 3. The van der Waals surface area contributed by atoms with Crippen molar-refractivity contribution < 1.29 is 4.74 Å². The van der Waals surface area contributed by atoms with Gasteiger partial charge in [-0.15, -0.1) is 0 Å². The molecular formula is C15H18ClN5O. The molecule has 0 atom stereocenters. The predicted molar refractivity (Wildman–Crippen MR) is 88.9 cm³/mol. The van der Waals surface area contributed by atoms with Crippen LogP contribution < -0.4 is 20.3 Å². The van der Waals surface area contributed by atoms with Crippen molar-refractivity contribution in [3.05, 3.63) is 35.5 Å². The lowest BCUT2D eigenvalue weighted by atomic mass is 10.2. The number of halogens is 1. The number of hydrogen-bond acceptors (Lipinski definition) is 6. The van der Waals surface area contributed by atoms with Crippen LogP contribution in [0.15, 0.2) is 30.3 Å². The minimum Gasteiger partial charge on any atom is -0.497 e. The van der Waals surface area contributed by atoms with Gasteiger partial charge >= 0.3 is 0 Å². The molecule has 0 aliphatic carbocycles. The zero-order chi connectivity index (χ0) is 15.5. The molecule has 1 aliphatic heterocycles. The molecule has 1 aromatic carbocycles. The van der Waals surface area contributed by atoms with Crippen molar-refractivity contribution in [2.45, 2.75) is 0 Å². The second-order valence-electron chi connectivity index (χ2n) is 5.08. The lowest BCUT2D eigenvalue weighted by Crippen LogP contribution is -2.46. The normalized spacial score (nSPS) is 15.0. The Kier molecular flexibility index (Phi) is 4.20. The van der Waals surface area contributed by atoms with Crippen molar-refractivity contribution in [1.82, 2.24) is 9.97 Å². The molecule has 1 aromatic heterocycles. The lowest BCUT2D eigenvalue weighted by Gasteiger charge is -2.36. The van der Waals surface area contributed by atoms with Crippen LogP contribution in [0, 0.1) is 0 Å². The number of methoxy groups -OCH3 is 1. The molecular weight excluding hydrogens is 302 g/mol. The summed E-state index contributed by atoms with van der Waals surface area (Å²) < 4.78 is 5.19. The van der Waals surface area contributed by atoms with Gasteiger partial charge < -0.3 is 20.3 Å². The summed E-state index contributed by atoms with van der Waals surface area (Å²) in [6.45, 7) is 3.54. The van der Waals surface area contributed by atoms with E-state index in [-0.39, 0.29) is 5.95 Å². The summed E-state index contributed by atoms with van der Waals surface area (Å²) in [6.07, 6.45) is 0. The second kappa shape index (κ2) is 6.27. The third kappa shape index (κ3) is 3.17. The summed E-state index contributed by atoms with van der Waals surface area (Å²) in [6, 6.07) is 9.86. The number of rotatable bonds is 3. The molecule has 116 valence electrons. The molecule has 1 fully saturated rings. The van der Waals surface area contributed by atoms with E-state index in [1.807, 2.05) is 12.1 Å². The van der Waals surface area contributed by atoms with Gasteiger partial charge in [-0.3, -0.25) is 0 Å². The van der Waals surface area contributed by atoms with Crippen molar-refractivity contribution in [3.8, 4) is 5.75 Å². The number of nitrogens with two attached hydrogens (primary N) is 1. The Morgan fingerprint density at radius 2 is 1.68 bits per heavy atom. The summed E-state index contributed by atoms with van der Waals surface area (Å²) in [4.78, 5) is 12.6. The number of ether oxygens (including phenoxy) is 1. The number of nitrogens with zero attached hydrogens (tertiary/aromatic N) is 4. The monoisotopic (exact) mass is 319 g/mol. The number of benzene rings is 1. The highest BCUT2D eigenvalue weighted by Gasteiger charge is 2.19. The van der Waals surface area contributed by atoms with E-state index < -0.39 is 0 Å². The SMILES string of the molecule is COc1ccc(N2CCN(c3cc(Cl)nc(N)n3)CC2)cc1. The number of nitrogen functional groups attached to an aromatic ring is 1. The van der Waals surface area contributed by atoms with E-state index in [1.54, 1.807) is 13.2 Å². The third-order valence-corrected chi connectivity index (χ3v) is 3.93. The first-order valence-corrected chi connectivity index (χ1v) is 7.47.